The van der Waals surface area contributed by atoms with E-state index in [0.29, 0.717) is 11.5 Å². The number of carbonyl (C=O) groups excluding carboxylic acids is 1. The molecular weight excluding hydrogens is 356 g/mol. The van der Waals surface area contributed by atoms with Crippen LogP contribution in [0.3, 0.4) is 0 Å². The summed E-state index contributed by atoms with van der Waals surface area (Å²) in [6, 6.07) is 13.0. The Morgan fingerprint density at radius 1 is 1.17 bits per heavy atom. The first-order chi connectivity index (χ1) is 11.0. The van der Waals surface area contributed by atoms with E-state index in [2.05, 4.69) is 20.9 Å². The number of fused-ring (bicyclic) bond motifs is 1. The Morgan fingerprint density at radius 2 is 1.91 bits per heavy atom. The molecule has 1 heterocycles. The van der Waals surface area contributed by atoms with E-state index in [-0.39, 0.29) is 5.78 Å². The molecule has 116 valence electrons. The first-order valence-electron chi connectivity index (χ1n) is 7.08. The molecule has 0 aliphatic heterocycles. The maximum absolute atomic E-state index is 12.0. The molecular formula is C18H15BrN2O2. The second-order valence-corrected chi connectivity index (χ2v) is 6.27. The van der Waals surface area contributed by atoms with E-state index in [4.69, 9.17) is 4.42 Å². The summed E-state index contributed by atoms with van der Waals surface area (Å²) in [5, 5.41) is 0. The molecule has 0 radical (unpaired) electrons. The quantitative estimate of drug-likeness (QED) is 0.500. The van der Waals surface area contributed by atoms with E-state index >= 15 is 0 Å². The van der Waals surface area contributed by atoms with Crippen LogP contribution in [0, 0.1) is 0 Å². The lowest BCUT2D eigenvalue weighted by atomic mass is 10.1. The van der Waals surface area contributed by atoms with Gasteiger partial charge < -0.3 is 9.32 Å². The van der Waals surface area contributed by atoms with Crippen LogP contribution >= 0.6 is 15.9 Å². The van der Waals surface area contributed by atoms with Crippen LogP contribution in [-0.4, -0.2) is 29.8 Å². The van der Waals surface area contributed by atoms with Gasteiger partial charge in [0, 0.05) is 42.0 Å². The lowest BCUT2D eigenvalue weighted by Gasteiger charge is -2.03. The number of hydrogen-bond acceptors (Lipinski definition) is 4. The summed E-state index contributed by atoms with van der Waals surface area (Å²) in [5.74, 6) is 0.507. The molecule has 0 unspecified atom stereocenters. The molecule has 0 bridgehead atoms. The highest BCUT2D eigenvalue weighted by Gasteiger charge is 2.09. The molecule has 0 atom stereocenters. The summed E-state index contributed by atoms with van der Waals surface area (Å²) in [5.41, 5.74) is 3.00. The molecule has 4 nitrogen and oxygen atoms in total. The van der Waals surface area contributed by atoms with E-state index in [1.54, 1.807) is 24.4 Å². The smallest absolute Gasteiger partial charge is 0.227 e. The van der Waals surface area contributed by atoms with Gasteiger partial charge in [-0.25, -0.2) is 4.98 Å². The SMILES string of the molecule is CN(C)C=CC(=O)c1ccc(-c2nc3ccc(Br)cc3o2)cc1. The highest BCUT2D eigenvalue weighted by atomic mass is 79.9. The summed E-state index contributed by atoms with van der Waals surface area (Å²) in [6.07, 6.45) is 3.28. The van der Waals surface area contributed by atoms with Crippen molar-refractivity contribution in [3.63, 3.8) is 0 Å². The van der Waals surface area contributed by atoms with Gasteiger partial charge in [0.15, 0.2) is 11.4 Å². The number of rotatable bonds is 4. The fourth-order valence-electron chi connectivity index (χ4n) is 2.11. The van der Waals surface area contributed by atoms with Crippen molar-refractivity contribution in [3.8, 4) is 11.5 Å². The number of hydrogen-bond donors (Lipinski definition) is 0. The molecule has 0 aliphatic carbocycles. The van der Waals surface area contributed by atoms with Gasteiger partial charge in [0.25, 0.3) is 0 Å². The van der Waals surface area contributed by atoms with Crippen LogP contribution in [0.1, 0.15) is 10.4 Å². The van der Waals surface area contributed by atoms with Gasteiger partial charge >= 0.3 is 0 Å². The van der Waals surface area contributed by atoms with Crippen molar-refractivity contribution in [3.05, 3.63) is 64.8 Å². The third-order valence-electron chi connectivity index (χ3n) is 3.29. The minimum Gasteiger partial charge on any atom is -0.436 e. The molecule has 0 amide bonds. The summed E-state index contributed by atoms with van der Waals surface area (Å²) in [4.78, 5) is 18.3. The Bertz CT molecular complexity index is 880. The van der Waals surface area contributed by atoms with Gasteiger partial charge in [-0.05, 0) is 30.3 Å². The van der Waals surface area contributed by atoms with Crippen molar-refractivity contribution in [2.24, 2.45) is 0 Å². The average molecular weight is 371 g/mol. The predicted molar refractivity (Wildman–Crippen MR) is 94.3 cm³/mol. The molecule has 0 fully saturated rings. The van der Waals surface area contributed by atoms with Crippen LogP contribution in [0.15, 0.2) is 63.6 Å². The third kappa shape index (κ3) is 3.51. The minimum absolute atomic E-state index is 0.0354. The molecule has 5 heteroatoms. The Labute approximate surface area is 142 Å². The number of aromatic nitrogens is 1. The fraction of sp³-hybridized carbons (Fsp3) is 0.111. The van der Waals surface area contributed by atoms with Crippen molar-refractivity contribution in [2.45, 2.75) is 0 Å². The van der Waals surface area contributed by atoms with E-state index in [1.807, 2.05) is 49.3 Å². The molecule has 3 aromatic rings. The fourth-order valence-corrected chi connectivity index (χ4v) is 2.45. The van der Waals surface area contributed by atoms with Crippen LogP contribution in [-0.2, 0) is 0 Å². The zero-order valence-electron chi connectivity index (χ0n) is 12.8. The van der Waals surface area contributed by atoms with E-state index in [0.717, 1.165) is 21.1 Å². The van der Waals surface area contributed by atoms with Gasteiger partial charge in [-0.15, -0.1) is 0 Å². The molecule has 0 spiro atoms. The van der Waals surface area contributed by atoms with Crippen molar-refractivity contribution in [1.82, 2.24) is 9.88 Å². The standard InChI is InChI=1S/C18H15BrN2O2/c1-21(2)10-9-16(22)12-3-5-13(6-4-12)18-20-15-8-7-14(19)11-17(15)23-18/h3-11H,1-2H3. The van der Waals surface area contributed by atoms with Crippen LogP contribution in [0.5, 0.6) is 0 Å². The molecule has 1 aromatic heterocycles. The summed E-state index contributed by atoms with van der Waals surface area (Å²) in [6.45, 7) is 0. The molecule has 2 aromatic carbocycles. The minimum atomic E-state index is -0.0354. The van der Waals surface area contributed by atoms with E-state index < -0.39 is 0 Å². The normalized spacial score (nSPS) is 11.3. The maximum atomic E-state index is 12.0. The molecule has 3 rings (SSSR count). The number of allylic oxidation sites excluding steroid dienone is 1. The first-order valence-corrected chi connectivity index (χ1v) is 7.88. The number of oxazole rings is 1. The first kappa shape index (κ1) is 15.5. The van der Waals surface area contributed by atoms with Gasteiger partial charge in [0.05, 0.1) is 0 Å². The third-order valence-corrected chi connectivity index (χ3v) is 3.78. The highest BCUT2D eigenvalue weighted by molar-refractivity contribution is 9.10. The molecule has 0 saturated carbocycles. The number of ketones is 1. The Morgan fingerprint density at radius 3 is 2.61 bits per heavy atom. The summed E-state index contributed by atoms with van der Waals surface area (Å²) >= 11 is 3.41. The second kappa shape index (κ2) is 6.38. The summed E-state index contributed by atoms with van der Waals surface area (Å²) < 4.78 is 6.71. The molecule has 23 heavy (non-hydrogen) atoms. The van der Waals surface area contributed by atoms with Crippen LogP contribution in [0.25, 0.3) is 22.6 Å². The van der Waals surface area contributed by atoms with Gasteiger partial charge in [-0.3, -0.25) is 4.79 Å². The average Bonchev–Trinajstić information content (AvgIpc) is 2.95. The monoisotopic (exact) mass is 370 g/mol. The van der Waals surface area contributed by atoms with Crippen LogP contribution < -0.4 is 0 Å². The molecule has 0 N–H and O–H groups in total. The van der Waals surface area contributed by atoms with Gasteiger partial charge in [0.2, 0.25) is 5.89 Å². The Kier molecular flexibility index (Phi) is 4.30. The number of nitrogens with zero attached hydrogens (tertiary/aromatic N) is 2. The van der Waals surface area contributed by atoms with Crippen molar-refractivity contribution >= 4 is 32.8 Å². The number of carbonyl (C=O) groups is 1. The Balaban J connectivity index is 1.87. The molecule has 0 aliphatic rings. The lowest BCUT2D eigenvalue weighted by Crippen LogP contribution is -2.03. The van der Waals surface area contributed by atoms with Crippen LogP contribution in [0.4, 0.5) is 0 Å². The van der Waals surface area contributed by atoms with Gasteiger partial charge in [-0.1, -0.05) is 28.1 Å². The number of benzene rings is 2. The molecule has 0 saturated heterocycles. The van der Waals surface area contributed by atoms with Gasteiger partial charge in [0.1, 0.15) is 5.52 Å². The zero-order chi connectivity index (χ0) is 16.4. The van der Waals surface area contributed by atoms with Crippen molar-refractivity contribution in [1.29, 1.82) is 0 Å². The van der Waals surface area contributed by atoms with Crippen LogP contribution in [0.2, 0.25) is 0 Å². The maximum Gasteiger partial charge on any atom is 0.227 e. The van der Waals surface area contributed by atoms with Crippen molar-refractivity contribution < 1.29 is 9.21 Å². The topological polar surface area (TPSA) is 46.3 Å². The number of halogens is 1. The summed E-state index contributed by atoms with van der Waals surface area (Å²) in [7, 11) is 3.75. The van der Waals surface area contributed by atoms with E-state index in [1.165, 1.54) is 0 Å². The van der Waals surface area contributed by atoms with Gasteiger partial charge in [-0.2, -0.15) is 0 Å². The van der Waals surface area contributed by atoms with Crippen molar-refractivity contribution in [2.75, 3.05) is 14.1 Å². The largest absolute Gasteiger partial charge is 0.436 e. The highest BCUT2D eigenvalue weighted by Crippen LogP contribution is 2.26. The predicted octanol–water partition coefficient (Wildman–Crippen LogP) is 4.52. The lowest BCUT2D eigenvalue weighted by molar-refractivity contribution is 0.104. The second-order valence-electron chi connectivity index (χ2n) is 5.35. The zero-order valence-corrected chi connectivity index (χ0v) is 14.4. The Hall–Kier alpha value is -2.40. The van der Waals surface area contributed by atoms with E-state index in [9.17, 15) is 4.79 Å².